The third kappa shape index (κ3) is 8.26. The first kappa shape index (κ1) is 25.2. The fourth-order valence-electron chi connectivity index (χ4n) is 2.46. The van der Waals surface area contributed by atoms with Crippen molar-refractivity contribution in [2.75, 3.05) is 0 Å². The molecule has 9 heteroatoms. The van der Waals surface area contributed by atoms with Crippen molar-refractivity contribution >= 4 is 17.8 Å². The summed E-state index contributed by atoms with van der Waals surface area (Å²) in [5.41, 5.74) is -0.305. The number of hydrogen-bond acceptors (Lipinski definition) is 4. The second kappa shape index (κ2) is 10.3. The molecule has 1 rings (SSSR count). The van der Waals surface area contributed by atoms with Gasteiger partial charge in [0.15, 0.2) is 0 Å². The van der Waals surface area contributed by atoms with Crippen LogP contribution in [0.2, 0.25) is 0 Å². The minimum Gasteiger partial charge on any atom is -0.458 e. The van der Waals surface area contributed by atoms with Gasteiger partial charge in [-0.2, -0.15) is 13.2 Å². The highest BCUT2D eigenvalue weighted by molar-refractivity contribution is 5.92. The summed E-state index contributed by atoms with van der Waals surface area (Å²) in [5.74, 6) is -4.52. The van der Waals surface area contributed by atoms with E-state index in [9.17, 15) is 27.6 Å². The highest BCUT2D eigenvalue weighted by Gasteiger charge is 2.41. The molecule has 0 bridgehead atoms. The van der Waals surface area contributed by atoms with Crippen molar-refractivity contribution in [1.82, 2.24) is 10.6 Å². The van der Waals surface area contributed by atoms with Crippen molar-refractivity contribution in [3.63, 3.8) is 0 Å². The molecule has 2 N–H and O–H groups in total. The maximum atomic E-state index is 12.8. The third-order valence-corrected chi connectivity index (χ3v) is 4.02. The standard InChI is InChI=1S/C21H27F3N2O4/c1-6-13(2)16(18(28)30-20(3,4)5)26-17(27)15(25-19(29)21(22,23)24)12-14-10-8-7-9-11-14/h6-11,13,15-16H,1,12H2,2-5H3,(H,25,29)(H,26,27)/t13?,15-,16-/m0/s1. The minimum atomic E-state index is -5.16. The summed E-state index contributed by atoms with van der Waals surface area (Å²) < 4.78 is 43.5. The number of alkyl halides is 3. The number of halogens is 3. The van der Waals surface area contributed by atoms with Crippen molar-refractivity contribution in [2.45, 2.75) is 58.0 Å². The van der Waals surface area contributed by atoms with Crippen LogP contribution in [0, 0.1) is 5.92 Å². The van der Waals surface area contributed by atoms with Crippen LogP contribution in [0.4, 0.5) is 13.2 Å². The number of benzene rings is 1. The predicted octanol–water partition coefficient (Wildman–Crippen LogP) is 2.92. The van der Waals surface area contributed by atoms with Crippen molar-refractivity contribution < 1.29 is 32.3 Å². The molecule has 0 fully saturated rings. The van der Waals surface area contributed by atoms with Crippen molar-refractivity contribution in [3.8, 4) is 0 Å². The summed E-state index contributed by atoms with van der Waals surface area (Å²) in [6.07, 6.45) is -3.94. The van der Waals surface area contributed by atoms with Crippen molar-refractivity contribution in [1.29, 1.82) is 0 Å². The Hall–Kier alpha value is -2.84. The summed E-state index contributed by atoms with van der Waals surface area (Å²) in [5, 5.41) is 4.10. The lowest BCUT2D eigenvalue weighted by Crippen LogP contribution is -2.56. The average molecular weight is 428 g/mol. The quantitative estimate of drug-likeness (QED) is 0.493. The number of hydrogen-bond donors (Lipinski definition) is 2. The second-order valence-electron chi connectivity index (χ2n) is 7.83. The summed E-state index contributed by atoms with van der Waals surface area (Å²) in [6.45, 7) is 10.1. The molecule has 0 spiro atoms. The minimum absolute atomic E-state index is 0.196. The average Bonchev–Trinajstić information content (AvgIpc) is 2.63. The van der Waals surface area contributed by atoms with Gasteiger partial charge in [0.2, 0.25) is 5.91 Å². The van der Waals surface area contributed by atoms with Gasteiger partial charge in [-0.1, -0.05) is 43.3 Å². The Balaban J connectivity index is 3.10. The van der Waals surface area contributed by atoms with Crippen LogP contribution in [0.5, 0.6) is 0 Å². The van der Waals surface area contributed by atoms with E-state index < -0.39 is 47.6 Å². The molecule has 1 aromatic carbocycles. The van der Waals surface area contributed by atoms with E-state index in [1.54, 1.807) is 63.3 Å². The molecule has 0 radical (unpaired) electrons. The Kier molecular flexibility index (Phi) is 8.62. The maximum absolute atomic E-state index is 12.8. The van der Waals surface area contributed by atoms with Gasteiger partial charge in [-0.3, -0.25) is 9.59 Å². The van der Waals surface area contributed by atoms with Gasteiger partial charge in [-0.15, -0.1) is 6.58 Å². The number of amides is 2. The number of rotatable bonds is 8. The molecule has 1 aromatic rings. The Morgan fingerprint density at radius 2 is 1.67 bits per heavy atom. The van der Waals surface area contributed by atoms with Crippen LogP contribution in [-0.2, 0) is 25.5 Å². The molecule has 0 saturated heterocycles. The Morgan fingerprint density at radius 3 is 2.13 bits per heavy atom. The van der Waals surface area contributed by atoms with Crippen LogP contribution in [0.25, 0.3) is 0 Å². The topological polar surface area (TPSA) is 84.5 Å². The fourth-order valence-corrected chi connectivity index (χ4v) is 2.46. The molecule has 2 amide bonds. The predicted molar refractivity (Wildman–Crippen MR) is 105 cm³/mol. The molecule has 0 aliphatic rings. The molecular weight excluding hydrogens is 401 g/mol. The molecular formula is C21H27F3N2O4. The SMILES string of the molecule is C=CC(C)[C@H](NC(=O)[C@H](Cc1ccccc1)NC(=O)C(F)(F)F)C(=O)OC(C)(C)C. The molecule has 0 heterocycles. The molecule has 6 nitrogen and oxygen atoms in total. The Bertz CT molecular complexity index is 758. The van der Waals surface area contributed by atoms with E-state index in [2.05, 4.69) is 11.9 Å². The normalized spacial score (nSPS) is 14.8. The lowest BCUT2D eigenvalue weighted by molar-refractivity contribution is -0.174. The van der Waals surface area contributed by atoms with Crippen LogP contribution >= 0.6 is 0 Å². The van der Waals surface area contributed by atoms with E-state index in [0.29, 0.717) is 5.56 Å². The smallest absolute Gasteiger partial charge is 0.458 e. The largest absolute Gasteiger partial charge is 0.471 e. The first-order chi connectivity index (χ1) is 13.7. The van der Waals surface area contributed by atoms with Gasteiger partial charge in [0.25, 0.3) is 0 Å². The van der Waals surface area contributed by atoms with Crippen LogP contribution in [0.3, 0.4) is 0 Å². The highest BCUT2D eigenvalue weighted by Crippen LogP contribution is 2.17. The van der Waals surface area contributed by atoms with Crippen LogP contribution in [0.1, 0.15) is 33.3 Å². The number of carbonyl (C=O) groups is 3. The van der Waals surface area contributed by atoms with E-state index in [0.717, 1.165) is 0 Å². The third-order valence-electron chi connectivity index (χ3n) is 4.02. The van der Waals surface area contributed by atoms with Gasteiger partial charge >= 0.3 is 18.1 Å². The molecule has 1 unspecified atom stereocenters. The number of nitrogens with one attached hydrogen (secondary N) is 2. The van der Waals surface area contributed by atoms with Gasteiger partial charge in [0, 0.05) is 12.3 Å². The molecule has 0 aliphatic heterocycles. The fraction of sp³-hybridized carbons (Fsp3) is 0.476. The van der Waals surface area contributed by atoms with E-state index >= 15 is 0 Å². The van der Waals surface area contributed by atoms with Crippen LogP contribution in [0.15, 0.2) is 43.0 Å². The lowest BCUT2D eigenvalue weighted by atomic mass is 10.00. The van der Waals surface area contributed by atoms with Gasteiger partial charge in [-0.05, 0) is 26.3 Å². The maximum Gasteiger partial charge on any atom is 0.471 e. The zero-order chi connectivity index (χ0) is 23.1. The van der Waals surface area contributed by atoms with Gasteiger partial charge in [0.1, 0.15) is 17.7 Å². The number of ether oxygens (including phenoxy) is 1. The number of carbonyl (C=O) groups excluding carboxylic acids is 3. The summed E-state index contributed by atoms with van der Waals surface area (Å²) in [7, 11) is 0. The summed E-state index contributed by atoms with van der Waals surface area (Å²) in [4.78, 5) is 36.7. The molecule has 0 aliphatic carbocycles. The zero-order valence-electron chi connectivity index (χ0n) is 17.4. The summed E-state index contributed by atoms with van der Waals surface area (Å²) >= 11 is 0. The molecule has 166 valence electrons. The molecule has 3 atom stereocenters. The van der Waals surface area contributed by atoms with Crippen molar-refractivity contribution in [3.05, 3.63) is 48.6 Å². The van der Waals surface area contributed by atoms with E-state index in [4.69, 9.17) is 4.74 Å². The number of esters is 1. The van der Waals surface area contributed by atoms with E-state index in [1.807, 2.05) is 0 Å². The first-order valence-electron chi connectivity index (χ1n) is 9.32. The first-order valence-corrected chi connectivity index (χ1v) is 9.32. The lowest BCUT2D eigenvalue weighted by Gasteiger charge is -2.28. The van der Waals surface area contributed by atoms with Crippen LogP contribution < -0.4 is 10.6 Å². The van der Waals surface area contributed by atoms with Crippen LogP contribution in [-0.4, -0.2) is 41.6 Å². The highest BCUT2D eigenvalue weighted by atomic mass is 19.4. The monoisotopic (exact) mass is 428 g/mol. The Morgan fingerprint density at radius 1 is 1.10 bits per heavy atom. The zero-order valence-corrected chi connectivity index (χ0v) is 17.4. The summed E-state index contributed by atoms with van der Waals surface area (Å²) in [6, 6.07) is 5.49. The second-order valence-corrected chi connectivity index (χ2v) is 7.83. The van der Waals surface area contributed by atoms with Crippen molar-refractivity contribution in [2.24, 2.45) is 5.92 Å². The van der Waals surface area contributed by atoms with E-state index in [-0.39, 0.29) is 6.42 Å². The van der Waals surface area contributed by atoms with Gasteiger partial charge < -0.3 is 15.4 Å². The van der Waals surface area contributed by atoms with Gasteiger partial charge in [0.05, 0.1) is 0 Å². The molecule has 0 aromatic heterocycles. The molecule has 30 heavy (non-hydrogen) atoms. The van der Waals surface area contributed by atoms with E-state index in [1.165, 1.54) is 6.08 Å². The Labute approximate surface area is 173 Å². The van der Waals surface area contributed by atoms with Gasteiger partial charge in [-0.25, -0.2) is 4.79 Å². The molecule has 0 saturated carbocycles.